The van der Waals surface area contributed by atoms with Crippen LogP contribution in [0.4, 0.5) is 0 Å². The van der Waals surface area contributed by atoms with Crippen LogP contribution < -0.4 is 10.6 Å². The second-order valence-electron chi connectivity index (χ2n) is 4.72. The largest absolute Gasteiger partial charge is 0.352 e. The van der Waals surface area contributed by atoms with Crippen LogP contribution in [0.5, 0.6) is 0 Å². The molecule has 1 aliphatic rings. The topological polar surface area (TPSA) is 44.4 Å². The summed E-state index contributed by atoms with van der Waals surface area (Å²) in [4.78, 5) is 13.9. The Bertz CT molecular complexity index is 200. The summed E-state index contributed by atoms with van der Waals surface area (Å²) in [5.41, 5.74) is 0. The predicted octanol–water partition coefficient (Wildman–Crippen LogP) is 0.0523. The number of hydrogen-bond acceptors (Lipinski definition) is 3. The van der Waals surface area contributed by atoms with Gasteiger partial charge < -0.3 is 15.5 Å². The lowest BCUT2D eigenvalue weighted by molar-refractivity contribution is -0.126. The van der Waals surface area contributed by atoms with Crippen molar-refractivity contribution in [2.45, 2.75) is 25.8 Å². The smallest absolute Gasteiger partial charge is 0.224 e. The Kier molecular flexibility index (Phi) is 5.05. The number of carbonyl (C=O) groups excluding carboxylic acids is 1. The number of carbonyl (C=O) groups is 1. The van der Waals surface area contributed by atoms with Gasteiger partial charge in [-0.1, -0.05) is 0 Å². The summed E-state index contributed by atoms with van der Waals surface area (Å²) >= 11 is 0. The van der Waals surface area contributed by atoms with Gasteiger partial charge in [-0.3, -0.25) is 4.79 Å². The van der Waals surface area contributed by atoms with Gasteiger partial charge in [-0.2, -0.15) is 0 Å². The summed E-state index contributed by atoms with van der Waals surface area (Å²) in [5, 5.41) is 6.32. The summed E-state index contributed by atoms with van der Waals surface area (Å²) < 4.78 is 0. The van der Waals surface area contributed by atoms with E-state index in [9.17, 15) is 4.79 Å². The van der Waals surface area contributed by atoms with Crippen LogP contribution in [0.1, 0.15) is 19.8 Å². The van der Waals surface area contributed by atoms with E-state index in [1.54, 1.807) is 0 Å². The van der Waals surface area contributed by atoms with Gasteiger partial charge in [0, 0.05) is 19.1 Å². The molecule has 88 valence electrons. The summed E-state index contributed by atoms with van der Waals surface area (Å²) in [6, 6.07) is 0.231. The molecule has 0 aromatic rings. The van der Waals surface area contributed by atoms with Gasteiger partial charge in [0.05, 0.1) is 5.92 Å². The molecule has 2 unspecified atom stereocenters. The van der Waals surface area contributed by atoms with Gasteiger partial charge in [-0.15, -0.1) is 0 Å². The van der Waals surface area contributed by atoms with Crippen molar-refractivity contribution >= 4 is 5.91 Å². The summed E-state index contributed by atoms with van der Waals surface area (Å²) in [5.74, 6) is 0.375. The monoisotopic (exact) mass is 213 g/mol. The Labute approximate surface area is 92.4 Å². The lowest BCUT2D eigenvalue weighted by atomic mass is 9.98. The maximum atomic E-state index is 11.8. The fourth-order valence-electron chi connectivity index (χ4n) is 2.03. The van der Waals surface area contributed by atoms with Crippen molar-refractivity contribution in [3.8, 4) is 0 Å². The molecule has 0 saturated carbocycles. The average molecular weight is 213 g/mol. The first-order valence-corrected chi connectivity index (χ1v) is 5.75. The zero-order valence-corrected chi connectivity index (χ0v) is 10.0. The van der Waals surface area contributed by atoms with Crippen LogP contribution in [0.3, 0.4) is 0 Å². The van der Waals surface area contributed by atoms with Gasteiger partial charge in [-0.05, 0) is 40.4 Å². The van der Waals surface area contributed by atoms with Crippen LogP contribution in [0.15, 0.2) is 0 Å². The van der Waals surface area contributed by atoms with Crippen LogP contribution in [-0.2, 0) is 4.79 Å². The Morgan fingerprint density at radius 3 is 2.87 bits per heavy atom. The molecule has 1 heterocycles. The Morgan fingerprint density at radius 1 is 1.60 bits per heavy atom. The predicted molar refractivity (Wildman–Crippen MR) is 61.8 cm³/mol. The maximum Gasteiger partial charge on any atom is 0.224 e. The molecule has 15 heavy (non-hydrogen) atoms. The zero-order valence-electron chi connectivity index (χ0n) is 10.0. The fraction of sp³-hybridized carbons (Fsp3) is 0.909. The van der Waals surface area contributed by atoms with E-state index >= 15 is 0 Å². The van der Waals surface area contributed by atoms with Crippen molar-refractivity contribution < 1.29 is 4.79 Å². The van der Waals surface area contributed by atoms with E-state index in [4.69, 9.17) is 0 Å². The number of piperidine rings is 1. The Morgan fingerprint density at radius 2 is 2.33 bits per heavy atom. The SMILES string of the molecule is CC(CN(C)C)NC(=O)C1CCCNC1. The Balaban J connectivity index is 2.27. The molecule has 0 bridgehead atoms. The van der Waals surface area contributed by atoms with Crippen LogP contribution in [0, 0.1) is 5.92 Å². The minimum atomic E-state index is 0.170. The Hall–Kier alpha value is -0.610. The van der Waals surface area contributed by atoms with Crippen LogP contribution in [-0.4, -0.2) is 50.6 Å². The minimum absolute atomic E-state index is 0.170. The quantitative estimate of drug-likeness (QED) is 0.694. The molecule has 0 aliphatic carbocycles. The number of nitrogens with zero attached hydrogens (tertiary/aromatic N) is 1. The van der Waals surface area contributed by atoms with Gasteiger partial charge in [0.25, 0.3) is 0 Å². The van der Waals surface area contributed by atoms with E-state index in [1.807, 2.05) is 21.0 Å². The molecule has 1 saturated heterocycles. The minimum Gasteiger partial charge on any atom is -0.352 e. The number of amides is 1. The van der Waals surface area contributed by atoms with Gasteiger partial charge in [-0.25, -0.2) is 0 Å². The van der Waals surface area contributed by atoms with Crippen molar-refractivity contribution in [2.24, 2.45) is 5.92 Å². The molecule has 2 atom stereocenters. The average Bonchev–Trinajstić information content (AvgIpc) is 2.17. The third-order valence-corrected chi connectivity index (χ3v) is 2.70. The first-order valence-electron chi connectivity index (χ1n) is 5.75. The van der Waals surface area contributed by atoms with E-state index in [2.05, 4.69) is 15.5 Å². The molecule has 1 rings (SSSR count). The highest BCUT2D eigenvalue weighted by Crippen LogP contribution is 2.09. The van der Waals surface area contributed by atoms with Gasteiger partial charge in [0.1, 0.15) is 0 Å². The molecular weight excluding hydrogens is 190 g/mol. The highest BCUT2D eigenvalue weighted by atomic mass is 16.2. The number of hydrogen-bond donors (Lipinski definition) is 2. The molecule has 0 radical (unpaired) electrons. The molecule has 0 spiro atoms. The van der Waals surface area contributed by atoms with Crippen molar-refractivity contribution in [1.82, 2.24) is 15.5 Å². The first-order chi connectivity index (χ1) is 7.09. The maximum absolute atomic E-state index is 11.8. The number of nitrogens with one attached hydrogen (secondary N) is 2. The normalized spacial score (nSPS) is 23.9. The highest BCUT2D eigenvalue weighted by Gasteiger charge is 2.21. The molecule has 1 fully saturated rings. The van der Waals surface area contributed by atoms with E-state index in [0.29, 0.717) is 0 Å². The molecule has 4 nitrogen and oxygen atoms in total. The summed E-state index contributed by atoms with van der Waals surface area (Å²) in [6.07, 6.45) is 2.13. The summed E-state index contributed by atoms with van der Waals surface area (Å²) in [7, 11) is 4.04. The highest BCUT2D eigenvalue weighted by molar-refractivity contribution is 5.79. The van der Waals surface area contributed by atoms with Gasteiger partial charge >= 0.3 is 0 Å². The molecule has 1 amide bonds. The van der Waals surface area contributed by atoms with Crippen molar-refractivity contribution in [3.05, 3.63) is 0 Å². The van der Waals surface area contributed by atoms with Gasteiger partial charge in [0.2, 0.25) is 5.91 Å². The number of likely N-dealkylation sites (N-methyl/N-ethyl adjacent to an activating group) is 1. The van der Waals surface area contributed by atoms with Gasteiger partial charge in [0.15, 0.2) is 0 Å². The zero-order chi connectivity index (χ0) is 11.3. The van der Waals surface area contributed by atoms with E-state index in [-0.39, 0.29) is 17.9 Å². The standard InChI is InChI=1S/C11H23N3O/c1-9(8-14(2)3)13-11(15)10-5-4-6-12-7-10/h9-10,12H,4-8H2,1-3H3,(H,13,15). The molecular formula is C11H23N3O. The van der Waals surface area contributed by atoms with Crippen LogP contribution in [0.2, 0.25) is 0 Å². The van der Waals surface area contributed by atoms with Crippen molar-refractivity contribution in [1.29, 1.82) is 0 Å². The van der Waals surface area contributed by atoms with Crippen molar-refractivity contribution in [3.63, 3.8) is 0 Å². The molecule has 0 aromatic carbocycles. The third-order valence-electron chi connectivity index (χ3n) is 2.70. The fourth-order valence-corrected chi connectivity index (χ4v) is 2.03. The first kappa shape index (κ1) is 12.5. The summed E-state index contributed by atoms with van der Waals surface area (Å²) in [6.45, 7) is 4.83. The van der Waals surface area contributed by atoms with Crippen molar-refractivity contribution in [2.75, 3.05) is 33.7 Å². The van der Waals surface area contributed by atoms with Crippen LogP contribution in [0.25, 0.3) is 0 Å². The number of rotatable bonds is 4. The van der Waals surface area contributed by atoms with E-state index in [0.717, 1.165) is 32.5 Å². The molecule has 4 heteroatoms. The molecule has 2 N–H and O–H groups in total. The molecule has 0 aromatic heterocycles. The van der Waals surface area contributed by atoms with E-state index < -0.39 is 0 Å². The lowest BCUT2D eigenvalue weighted by Gasteiger charge is -2.25. The third kappa shape index (κ3) is 4.62. The van der Waals surface area contributed by atoms with E-state index in [1.165, 1.54) is 0 Å². The van der Waals surface area contributed by atoms with Crippen LogP contribution >= 0.6 is 0 Å². The second-order valence-corrected chi connectivity index (χ2v) is 4.72. The second kappa shape index (κ2) is 6.08. The molecule has 1 aliphatic heterocycles. The lowest BCUT2D eigenvalue weighted by Crippen LogP contribution is -2.46.